The summed E-state index contributed by atoms with van der Waals surface area (Å²) >= 11 is 0. The molecule has 3 heterocycles. The molecule has 6 aromatic carbocycles. The Kier molecular flexibility index (Phi) is 5.36. The largest absolute Gasteiger partial charge is 0.309 e. The summed E-state index contributed by atoms with van der Waals surface area (Å²) in [5, 5.41) is 9.02. The average Bonchev–Trinajstić information content (AvgIpc) is 3.72. The van der Waals surface area contributed by atoms with Gasteiger partial charge in [0.2, 0.25) is 0 Å². The maximum absolute atomic E-state index is 2.44. The van der Waals surface area contributed by atoms with Crippen molar-refractivity contribution in [2.75, 3.05) is 0 Å². The Labute approximate surface area is 255 Å². The van der Waals surface area contributed by atoms with Crippen molar-refractivity contribution in [3.8, 4) is 27.9 Å². The average molecular weight is 563 g/mol. The number of nitrogens with zero attached hydrogens (tertiary/aromatic N) is 2. The smallest absolute Gasteiger partial charge is 0.0620 e. The molecule has 3 aromatic heterocycles. The minimum Gasteiger partial charge on any atom is -0.309 e. The van der Waals surface area contributed by atoms with Crippen LogP contribution < -0.4 is 10.6 Å². The highest BCUT2D eigenvalue weighted by molar-refractivity contribution is 6.17. The minimum absolute atomic E-state index is 1.17. The van der Waals surface area contributed by atoms with E-state index in [1.54, 1.807) is 0 Å². The van der Waals surface area contributed by atoms with E-state index in [2.05, 4.69) is 168 Å². The Bertz CT molecular complexity index is 2670. The maximum Gasteiger partial charge on any atom is 0.0620 e. The zero-order chi connectivity index (χ0) is 29.4. The van der Waals surface area contributed by atoms with Gasteiger partial charge in [-0.2, -0.15) is 0 Å². The lowest BCUT2D eigenvalue weighted by atomic mass is 9.98. The molecule has 0 radical (unpaired) electrons. The van der Waals surface area contributed by atoms with Crippen molar-refractivity contribution >= 4 is 61.1 Å². The van der Waals surface area contributed by atoms with Crippen molar-refractivity contribution in [2.45, 2.75) is 13.8 Å². The second-order valence-electron chi connectivity index (χ2n) is 11.6. The highest BCUT2D eigenvalue weighted by atomic mass is 15.0. The van der Waals surface area contributed by atoms with E-state index < -0.39 is 0 Å². The third kappa shape index (κ3) is 3.43. The van der Waals surface area contributed by atoms with Crippen LogP contribution in [0.2, 0.25) is 0 Å². The molecule has 0 N–H and O–H groups in total. The lowest BCUT2D eigenvalue weighted by molar-refractivity contribution is 1.18. The van der Waals surface area contributed by atoms with Crippen LogP contribution in [-0.2, 0) is 0 Å². The predicted octanol–water partition coefficient (Wildman–Crippen LogP) is 9.72. The van der Waals surface area contributed by atoms with Crippen LogP contribution in [0.4, 0.5) is 0 Å². The molecule has 0 bridgehead atoms. The molecule has 0 saturated carbocycles. The summed E-state index contributed by atoms with van der Waals surface area (Å²) in [4.78, 5) is 0. The fraction of sp³-hybridized carbons (Fsp3) is 0.0476. The van der Waals surface area contributed by atoms with Gasteiger partial charge in [-0.15, -0.1) is 0 Å². The van der Waals surface area contributed by atoms with Gasteiger partial charge in [-0.25, -0.2) is 0 Å². The SMILES string of the molecule is C/C=c1\c(=C/C)n2c3ccccc3c3cc(-c4ccc5c(c4)c4ccccc4n5-c4cccc(-c5ccccc5)c4)cc1c32. The molecule has 0 amide bonds. The zero-order valence-corrected chi connectivity index (χ0v) is 24.8. The van der Waals surface area contributed by atoms with Crippen LogP contribution in [-0.4, -0.2) is 8.97 Å². The Balaban J connectivity index is 1.31. The Morgan fingerprint density at radius 2 is 1.07 bits per heavy atom. The monoisotopic (exact) mass is 562 g/mol. The van der Waals surface area contributed by atoms with E-state index in [4.69, 9.17) is 0 Å². The summed E-state index contributed by atoms with van der Waals surface area (Å²) in [5.41, 5.74) is 11.1. The molecule has 9 aromatic rings. The van der Waals surface area contributed by atoms with E-state index in [-0.39, 0.29) is 0 Å². The van der Waals surface area contributed by atoms with Crippen molar-refractivity contribution in [3.05, 3.63) is 144 Å². The molecular weight excluding hydrogens is 532 g/mol. The molecule has 9 rings (SSSR count). The molecule has 0 fully saturated rings. The Morgan fingerprint density at radius 1 is 0.432 bits per heavy atom. The molecule has 0 saturated heterocycles. The van der Waals surface area contributed by atoms with Crippen LogP contribution in [0.3, 0.4) is 0 Å². The second-order valence-corrected chi connectivity index (χ2v) is 11.6. The van der Waals surface area contributed by atoms with Gasteiger partial charge in [0.05, 0.1) is 22.1 Å². The Hall–Kier alpha value is -5.60. The van der Waals surface area contributed by atoms with Gasteiger partial charge in [0.1, 0.15) is 0 Å². The van der Waals surface area contributed by atoms with E-state index in [1.165, 1.54) is 87.5 Å². The zero-order valence-electron chi connectivity index (χ0n) is 24.8. The molecule has 2 nitrogen and oxygen atoms in total. The van der Waals surface area contributed by atoms with Crippen LogP contribution in [0.15, 0.2) is 133 Å². The maximum atomic E-state index is 2.44. The van der Waals surface area contributed by atoms with Crippen LogP contribution in [0, 0.1) is 0 Å². The summed E-state index contributed by atoms with van der Waals surface area (Å²) in [5.74, 6) is 0. The number of aromatic nitrogens is 2. The summed E-state index contributed by atoms with van der Waals surface area (Å²) in [6.45, 7) is 4.30. The molecule has 2 heteroatoms. The van der Waals surface area contributed by atoms with E-state index in [0.717, 1.165) is 0 Å². The van der Waals surface area contributed by atoms with E-state index in [1.807, 2.05) is 0 Å². The van der Waals surface area contributed by atoms with Gasteiger partial charge in [-0.05, 0) is 84.6 Å². The molecular formula is C42H30N2. The van der Waals surface area contributed by atoms with Gasteiger partial charge < -0.3 is 8.97 Å². The van der Waals surface area contributed by atoms with Gasteiger partial charge >= 0.3 is 0 Å². The molecule has 0 atom stereocenters. The van der Waals surface area contributed by atoms with Gasteiger partial charge in [0, 0.05) is 43.2 Å². The predicted molar refractivity (Wildman–Crippen MR) is 188 cm³/mol. The number of hydrogen-bond donors (Lipinski definition) is 0. The van der Waals surface area contributed by atoms with E-state index in [0.29, 0.717) is 0 Å². The standard InChI is InChI=1S/C42H30N2/c1-3-32-36-25-30(26-37-34-18-9-11-20-40(34)44(42(36)37)38(32)4-2)29-21-22-41-35(24-29)33-17-8-10-19-39(33)43(41)31-16-12-15-28(23-31)27-13-6-5-7-14-27/h3-26H,1-2H3/b32-3-,38-4+. The van der Waals surface area contributed by atoms with Crippen molar-refractivity contribution in [3.63, 3.8) is 0 Å². The fourth-order valence-electron chi connectivity index (χ4n) is 7.45. The highest BCUT2D eigenvalue weighted by Gasteiger charge is 2.18. The summed E-state index contributed by atoms with van der Waals surface area (Å²) in [6, 6.07) is 48.9. The fourth-order valence-corrected chi connectivity index (χ4v) is 7.45. The van der Waals surface area contributed by atoms with E-state index >= 15 is 0 Å². The molecule has 0 spiro atoms. The highest BCUT2D eigenvalue weighted by Crippen LogP contribution is 2.38. The van der Waals surface area contributed by atoms with Crippen molar-refractivity contribution in [2.24, 2.45) is 0 Å². The Morgan fingerprint density at radius 3 is 1.86 bits per heavy atom. The van der Waals surface area contributed by atoms with Gasteiger partial charge in [-0.1, -0.05) is 97.1 Å². The van der Waals surface area contributed by atoms with Crippen LogP contribution in [0.25, 0.3) is 89.1 Å². The molecule has 208 valence electrons. The first-order chi connectivity index (χ1) is 21.7. The first-order valence-electron chi connectivity index (χ1n) is 15.4. The molecule has 0 aliphatic carbocycles. The summed E-state index contributed by atoms with van der Waals surface area (Å²) < 4.78 is 4.85. The lowest BCUT2D eigenvalue weighted by Crippen LogP contribution is -2.24. The summed E-state index contributed by atoms with van der Waals surface area (Å²) in [7, 11) is 0. The van der Waals surface area contributed by atoms with Crippen molar-refractivity contribution in [1.29, 1.82) is 0 Å². The van der Waals surface area contributed by atoms with Crippen molar-refractivity contribution < 1.29 is 0 Å². The van der Waals surface area contributed by atoms with E-state index in [9.17, 15) is 0 Å². The number of benzene rings is 6. The lowest BCUT2D eigenvalue weighted by Gasteiger charge is -2.11. The molecule has 0 aliphatic rings. The molecule has 0 aliphatic heterocycles. The normalized spacial score (nSPS) is 13.0. The van der Waals surface area contributed by atoms with Crippen molar-refractivity contribution in [1.82, 2.24) is 8.97 Å². The van der Waals surface area contributed by atoms with Gasteiger partial charge in [0.25, 0.3) is 0 Å². The summed E-state index contributed by atoms with van der Waals surface area (Å²) in [6.07, 6.45) is 4.50. The number of para-hydroxylation sites is 2. The first kappa shape index (κ1) is 24.9. The minimum atomic E-state index is 1.17. The van der Waals surface area contributed by atoms with Gasteiger partial charge in [0.15, 0.2) is 0 Å². The van der Waals surface area contributed by atoms with Crippen LogP contribution >= 0.6 is 0 Å². The van der Waals surface area contributed by atoms with Crippen LogP contribution in [0.5, 0.6) is 0 Å². The third-order valence-corrected chi connectivity index (χ3v) is 9.36. The van der Waals surface area contributed by atoms with Crippen LogP contribution in [0.1, 0.15) is 13.8 Å². The van der Waals surface area contributed by atoms with Gasteiger partial charge in [-0.3, -0.25) is 0 Å². The quantitative estimate of drug-likeness (QED) is 0.203. The third-order valence-electron chi connectivity index (χ3n) is 9.36. The molecule has 44 heavy (non-hydrogen) atoms. The number of rotatable bonds is 3. The second kappa shape index (κ2) is 9.45. The number of hydrogen-bond acceptors (Lipinski definition) is 0. The topological polar surface area (TPSA) is 9.34 Å². The number of fused-ring (bicyclic) bond motifs is 6. The molecule has 0 unspecified atom stereocenters. The first-order valence-corrected chi connectivity index (χ1v) is 15.4.